The van der Waals surface area contributed by atoms with Gasteiger partial charge in [0, 0.05) is 18.8 Å². The van der Waals surface area contributed by atoms with Gasteiger partial charge in [0.2, 0.25) is 5.91 Å². The maximum absolute atomic E-state index is 13.3. The first-order valence-electron chi connectivity index (χ1n) is 10.8. The van der Waals surface area contributed by atoms with Gasteiger partial charge in [0.25, 0.3) is 0 Å². The Labute approximate surface area is 203 Å². The molecule has 0 saturated heterocycles. The summed E-state index contributed by atoms with van der Waals surface area (Å²) in [5, 5.41) is 0.542. The lowest BCUT2D eigenvalue weighted by Crippen LogP contribution is -2.30. The lowest BCUT2D eigenvalue weighted by Gasteiger charge is -2.20. The van der Waals surface area contributed by atoms with Crippen LogP contribution in [0.2, 0.25) is 0 Å². The summed E-state index contributed by atoms with van der Waals surface area (Å²) in [6.07, 6.45) is 3.72. The fraction of sp³-hybridized carbons (Fsp3) is 0.240. The van der Waals surface area contributed by atoms with Crippen molar-refractivity contribution in [1.82, 2.24) is 9.97 Å². The Balaban J connectivity index is 1.50. The number of hydrogen-bond donors (Lipinski definition) is 0. The summed E-state index contributed by atoms with van der Waals surface area (Å²) < 4.78 is 31.4. The molecule has 0 aliphatic heterocycles. The van der Waals surface area contributed by atoms with Crippen molar-refractivity contribution in [1.29, 1.82) is 0 Å². The predicted molar refractivity (Wildman–Crippen MR) is 135 cm³/mol. The van der Waals surface area contributed by atoms with Crippen molar-refractivity contribution in [2.45, 2.75) is 25.1 Å². The zero-order valence-corrected chi connectivity index (χ0v) is 20.4. The molecule has 2 aromatic heterocycles. The minimum Gasteiger partial charge on any atom is -0.494 e. The monoisotopic (exact) mass is 495 g/mol. The summed E-state index contributed by atoms with van der Waals surface area (Å²) in [6, 6.07) is 18.4. The first-order valence-corrected chi connectivity index (χ1v) is 13.5. The molecule has 7 nitrogen and oxygen atoms in total. The number of pyridine rings is 1. The molecular formula is C25H25N3O4S2. The number of nitrogens with zero attached hydrogens (tertiary/aromatic N) is 3. The molecule has 0 saturated carbocycles. The zero-order valence-electron chi connectivity index (χ0n) is 18.8. The van der Waals surface area contributed by atoms with Crippen LogP contribution in [-0.4, -0.2) is 37.2 Å². The smallest absolute Gasteiger partial charge is 0.229 e. The van der Waals surface area contributed by atoms with Crippen LogP contribution < -0.4 is 9.64 Å². The fourth-order valence-corrected chi connectivity index (χ4v) is 6.04. The van der Waals surface area contributed by atoms with E-state index in [1.54, 1.807) is 36.5 Å². The van der Waals surface area contributed by atoms with Gasteiger partial charge in [0.1, 0.15) is 11.3 Å². The van der Waals surface area contributed by atoms with E-state index >= 15 is 0 Å². The minimum absolute atomic E-state index is 0.0287. The number of thiazole rings is 1. The van der Waals surface area contributed by atoms with Crippen molar-refractivity contribution in [2.75, 3.05) is 17.8 Å². The average molecular weight is 496 g/mol. The zero-order chi connectivity index (χ0) is 24.0. The number of para-hydroxylation sites is 1. The molecule has 176 valence electrons. The Bertz CT molecular complexity index is 1360. The van der Waals surface area contributed by atoms with Crippen molar-refractivity contribution in [2.24, 2.45) is 0 Å². The first-order chi connectivity index (χ1) is 16.4. The van der Waals surface area contributed by atoms with Gasteiger partial charge in [0.05, 0.1) is 29.9 Å². The summed E-state index contributed by atoms with van der Waals surface area (Å²) >= 11 is 1.40. The highest BCUT2D eigenvalue weighted by atomic mass is 32.2. The molecule has 9 heteroatoms. The normalized spacial score (nSPS) is 11.4. The van der Waals surface area contributed by atoms with Gasteiger partial charge in [-0.2, -0.15) is 0 Å². The Morgan fingerprint density at radius 1 is 1.03 bits per heavy atom. The quantitative estimate of drug-likeness (QED) is 0.319. The van der Waals surface area contributed by atoms with Crippen molar-refractivity contribution in [3.8, 4) is 5.75 Å². The molecule has 4 rings (SSSR count). The minimum atomic E-state index is -3.32. The maximum atomic E-state index is 13.3. The Kier molecular flexibility index (Phi) is 7.54. The number of carbonyl (C=O) groups excluding carboxylic acids is 1. The highest BCUT2D eigenvalue weighted by Gasteiger charge is 2.22. The summed E-state index contributed by atoms with van der Waals surface area (Å²) in [6.45, 7) is 0.297. The van der Waals surface area contributed by atoms with Crippen LogP contribution >= 0.6 is 11.3 Å². The molecule has 0 bridgehead atoms. The van der Waals surface area contributed by atoms with E-state index < -0.39 is 9.84 Å². The van der Waals surface area contributed by atoms with E-state index in [1.807, 2.05) is 48.5 Å². The van der Waals surface area contributed by atoms with E-state index in [9.17, 15) is 13.2 Å². The number of carbonyl (C=O) groups is 1. The van der Waals surface area contributed by atoms with Gasteiger partial charge in [-0.1, -0.05) is 53.8 Å². The molecule has 0 unspecified atom stereocenters. The second-order valence-electron chi connectivity index (χ2n) is 7.83. The van der Waals surface area contributed by atoms with E-state index in [0.717, 1.165) is 15.8 Å². The van der Waals surface area contributed by atoms with Crippen LogP contribution in [0.5, 0.6) is 5.75 Å². The highest BCUT2D eigenvalue weighted by Crippen LogP contribution is 2.35. The van der Waals surface area contributed by atoms with E-state index in [4.69, 9.17) is 4.74 Å². The van der Waals surface area contributed by atoms with Crippen LogP contribution in [0.3, 0.4) is 0 Å². The molecule has 0 aliphatic carbocycles. The molecule has 0 atom stereocenters. The van der Waals surface area contributed by atoms with Crippen LogP contribution in [-0.2, 0) is 26.9 Å². The topological polar surface area (TPSA) is 89.5 Å². The number of ether oxygens (including phenoxy) is 1. The van der Waals surface area contributed by atoms with Gasteiger partial charge in [-0.25, -0.2) is 13.4 Å². The molecule has 2 aromatic carbocycles. The van der Waals surface area contributed by atoms with Crippen molar-refractivity contribution < 1.29 is 17.9 Å². The second-order valence-corrected chi connectivity index (χ2v) is 11.0. The largest absolute Gasteiger partial charge is 0.494 e. The summed E-state index contributed by atoms with van der Waals surface area (Å²) in [7, 11) is -1.73. The summed E-state index contributed by atoms with van der Waals surface area (Å²) in [4.78, 5) is 23.7. The van der Waals surface area contributed by atoms with Crippen molar-refractivity contribution >= 4 is 42.4 Å². The molecule has 4 aromatic rings. The number of hydrogen-bond acceptors (Lipinski definition) is 7. The van der Waals surface area contributed by atoms with Gasteiger partial charge in [-0.3, -0.25) is 14.7 Å². The van der Waals surface area contributed by atoms with Crippen LogP contribution in [0.4, 0.5) is 5.13 Å². The van der Waals surface area contributed by atoms with E-state index in [-0.39, 0.29) is 30.3 Å². The Morgan fingerprint density at radius 2 is 1.82 bits per heavy atom. The Morgan fingerprint density at radius 3 is 2.56 bits per heavy atom. The van der Waals surface area contributed by atoms with Gasteiger partial charge < -0.3 is 4.74 Å². The Hall–Kier alpha value is -3.30. The van der Waals surface area contributed by atoms with Crippen LogP contribution in [0, 0.1) is 0 Å². The molecule has 0 N–H and O–H groups in total. The number of fused-ring (bicyclic) bond motifs is 1. The number of rotatable bonds is 10. The molecule has 0 aliphatic rings. The number of methoxy groups -OCH3 is 1. The number of anilines is 1. The van der Waals surface area contributed by atoms with E-state index in [1.165, 1.54) is 11.3 Å². The molecule has 0 fully saturated rings. The second kappa shape index (κ2) is 10.8. The third-order valence-electron chi connectivity index (χ3n) is 5.26. The standard InChI is InChI=1S/C25H25N3O4S2/c1-32-21-11-5-12-22-24(21)27-25(33-22)28(17-20-10-6-14-26-16-20)23(29)13-7-15-34(30,31)18-19-8-3-2-4-9-19/h2-6,8-12,14,16H,7,13,15,17-18H2,1H3. The fourth-order valence-electron chi connectivity index (χ4n) is 3.61. The first kappa shape index (κ1) is 23.8. The highest BCUT2D eigenvalue weighted by molar-refractivity contribution is 7.90. The summed E-state index contributed by atoms with van der Waals surface area (Å²) in [5.74, 6) is 0.374. The molecule has 34 heavy (non-hydrogen) atoms. The van der Waals surface area contributed by atoms with Gasteiger partial charge >= 0.3 is 0 Å². The number of amides is 1. The SMILES string of the molecule is COc1cccc2sc(N(Cc3cccnc3)C(=O)CCCS(=O)(=O)Cc3ccccc3)nc12. The van der Waals surface area contributed by atoms with E-state index in [0.29, 0.717) is 22.9 Å². The molecule has 2 heterocycles. The van der Waals surface area contributed by atoms with Crippen LogP contribution in [0.15, 0.2) is 73.1 Å². The van der Waals surface area contributed by atoms with Gasteiger partial charge in [0.15, 0.2) is 15.0 Å². The number of aromatic nitrogens is 2. The molecular weight excluding hydrogens is 470 g/mol. The predicted octanol–water partition coefficient (Wildman–Crippen LogP) is 4.63. The van der Waals surface area contributed by atoms with Gasteiger partial charge in [-0.15, -0.1) is 0 Å². The lowest BCUT2D eigenvalue weighted by molar-refractivity contribution is -0.118. The van der Waals surface area contributed by atoms with Crippen LogP contribution in [0.1, 0.15) is 24.0 Å². The van der Waals surface area contributed by atoms with Crippen molar-refractivity contribution in [3.05, 3.63) is 84.2 Å². The van der Waals surface area contributed by atoms with Crippen molar-refractivity contribution in [3.63, 3.8) is 0 Å². The lowest BCUT2D eigenvalue weighted by atomic mass is 10.2. The van der Waals surface area contributed by atoms with E-state index in [2.05, 4.69) is 9.97 Å². The average Bonchev–Trinajstić information content (AvgIpc) is 3.27. The third kappa shape index (κ3) is 5.98. The number of benzene rings is 2. The molecule has 0 radical (unpaired) electrons. The maximum Gasteiger partial charge on any atom is 0.229 e. The molecule has 0 spiro atoms. The van der Waals surface area contributed by atoms with Crippen LogP contribution in [0.25, 0.3) is 10.2 Å². The molecule has 1 amide bonds. The van der Waals surface area contributed by atoms with Gasteiger partial charge in [-0.05, 0) is 35.7 Å². The number of sulfone groups is 1. The third-order valence-corrected chi connectivity index (χ3v) is 7.99. The summed E-state index contributed by atoms with van der Waals surface area (Å²) in [5.41, 5.74) is 2.30.